The number of benzene rings is 2. The van der Waals surface area contributed by atoms with Crippen LogP contribution in [0.15, 0.2) is 53.4 Å². The predicted octanol–water partition coefficient (Wildman–Crippen LogP) is 5.97. The molecule has 2 heterocycles. The number of amides is 1. The standard InChI is InChI=1S/C26H30N2O3/c1-5-6-7-10-18-13-24-22(20-11-8-9-12-23(20)26(2,3)31-24)14-21(18)25(29)28(4)16-19-15-27-17-30-19/h8-9,11-15,17H,5-7,10,16H2,1-4H3. The Morgan fingerprint density at radius 1 is 1.13 bits per heavy atom. The summed E-state index contributed by atoms with van der Waals surface area (Å²) in [7, 11) is 1.80. The first-order valence-corrected chi connectivity index (χ1v) is 11.0. The number of aromatic nitrogens is 1. The van der Waals surface area contributed by atoms with Crippen LogP contribution in [0.4, 0.5) is 0 Å². The molecule has 0 N–H and O–H groups in total. The molecule has 0 saturated carbocycles. The van der Waals surface area contributed by atoms with Gasteiger partial charge in [-0.2, -0.15) is 0 Å². The van der Waals surface area contributed by atoms with Gasteiger partial charge < -0.3 is 14.1 Å². The third kappa shape index (κ3) is 4.22. The van der Waals surface area contributed by atoms with Gasteiger partial charge >= 0.3 is 0 Å². The van der Waals surface area contributed by atoms with Gasteiger partial charge in [0.25, 0.3) is 5.91 Å². The van der Waals surface area contributed by atoms with Gasteiger partial charge in [-0.1, -0.05) is 44.0 Å². The van der Waals surface area contributed by atoms with Crippen LogP contribution in [0.5, 0.6) is 5.75 Å². The summed E-state index contributed by atoms with van der Waals surface area (Å²) in [6.45, 7) is 6.75. The second-order valence-corrected chi connectivity index (χ2v) is 8.75. The molecule has 4 rings (SSSR count). The highest BCUT2D eigenvalue weighted by Crippen LogP contribution is 2.46. The Labute approximate surface area is 184 Å². The van der Waals surface area contributed by atoms with Crippen LogP contribution in [-0.4, -0.2) is 22.8 Å². The summed E-state index contributed by atoms with van der Waals surface area (Å²) in [6.07, 6.45) is 7.19. The summed E-state index contributed by atoms with van der Waals surface area (Å²) in [5.74, 6) is 1.49. The van der Waals surface area contributed by atoms with Crippen LogP contribution in [0.1, 0.15) is 67.3 Å². The molecule has 1 amide bonds. The largest absolute Gasteiger partial charge is 0.482 e. The molecule has 0 aliphatic carbocycles. The highest BCUT2D eigenvalue weighted by molar-refractivity contribution is 5.98. The summed E-state index contributed by atoms with van der Waals surface area (Å²) in [6, 6.07) is 12.4. The van der Waals surface area contributed by atoms with Gasteiger partial charge in [-0.15, -0.1) is 0 Å². The van der Waals surface area contributed by atoms with Crippen LogP contribution in [0, 0.1) is 0 Å². The van der Waals surface area contributed by atoms with E-state index in [4.69, 9.17) is 9.15 Å². The maximum atomic E-state index is 13.5. The van der Waals surface area contributed by atoms with E-state index in [0.29, 0.717) is 12.3 Å². The van der Waals surface area contributed by atoms with Crippen molar-refractivity contribution < 1.29 is 13.9 Å². The molecular weight excluding hydrogens is 388 g/mol. The van der Waals surface area contributed by atoms with E-state index < -0.39 is 5.60 Å². The zero-order valence-electron chi connectivity index (χ0n) is 18.8. The summed E-state index contributed by atoms with van der Waals surface area (Å²) in [5, 5.41) is 0. The van der Waals surface area contributed by atoms with Gasteiger partial charge in [-0.05, 0) is 49.9 Å². The van der Waals surface area contributed by atoms with Crippen molar-refractivity contribution in [3.63, 3.8) is 0 Å². The van der Waals surface area contributed by atoms with Gasteiger partial charge in [0, 0.05) is 23.7 Å². The molecule has 2 aromatic carbocycles. The monoisotopic (exact) mass is 418 g/mol. The van der Waals surface area contributed by atoms with Crippen molar-refractivity contribution in [1.29, 1.82) is 0 Å². The van der Waals surface area contributed by atoms with Crippen molar-refractivity contribution in [3.8, 4) is 16.9 Å². The first-order chi connectivity index (χ1) is 14.9. The van der Waals surface area contributed by atoms with E-state index >= 15 is 0 Å². The zero-order chi connectivity index (χ0) is 22.0. The second-order valence-electron chi connectivity index (χ2n) is 8.75. The molecule has 0 atom stereocenters. The van der Waals surface area contributed by atoms with Crippen LogP contribution in [0.2, 0.25) is 0 Å². The summed E-state index contributed by atoms with van der Waals surface area (Å²) in [4.78, 5) is 19.1. The number of fused-ring (bicyclic) bond motifs is 3. The first-order valence-electron chi connectivity index (χ1n) is 11.0. The molecule has 0 fully saturated rings. The van der Waals surface area contributed by atoms with Crippen molar-refractivity contribution in [2.24, 2.45) is 0 Å². The predicted molar refractivity (Wildman–Crippen MR) is 121 cm³/mol. The van der Waals surface area contributed by atoms with Crippen molar-refractivity contribution in [2.45, 2.75) is 58.6 Å². The number of nitrogens with zero attached hydrogens (tertiary/aromatic N) is 2. The lowest BCUT2D eigenvalue weighted by molar-refractivity contribution is 0.0774. The molecule has 0 saturated heterocycles. The van der Waals surface area contributed by atoms with E-state index in [1.54, 1.807) is 18.1 Å². The Morgan fingerprint density at radius 2 is 1.94 bits per heavy atom. The Balaban J connectivity index is 1.76. The lowest BCUT2D eigenvalue weighted by atomic mass is 9.84. The van der Waals surface area contributed by atoms with Gasteiger partial charge in [0.2, 0.25) is 0 Å². The fourth-order valence-electron chi connectivity index (χ4n) is 4.29. The lowest BCUT2D eigenvalue weighted by Gasteiger charge is -2.35. The van der Waals surface area contributed by atoms with E-state index in [-0.39, 0.29) is 5.91 Å². The van der Waals surface area contributed by atoms with Crippen LogP contribution < -0.4 is 4.74 Å². The molecule has 0 radical (unpaired) electrons. The normalized spacial score (nSPS) is 13.8. The minimum atomic E-state index is -0.418. The number of carbonyl (C=O) groups is 1. The lowest BCUT2D eigenvalue weighted by Crippen LogP contribution is -2.30. The summed E-state index contributed by atoms with van der Waals surface area (Å²) in [5.41, 5.74) is 4.59. The Morgan fingerprint density at radius 3 is 2.68 bits per heavy atom. The van der Waals surface area contributed by atoms with E-state index in [1.165, 1.54) is 6.39 Å². The van der Waals surface area contributed by atoms with Gasteiger partial charge in [0.05, 0.1) is 12.7 Å². The summed E-state index contributed by atoms with van der Waals surface area (Å²) >= 11 is 0. The van der Waals surface area contributed by atoms with Crippen molar-refractivity contribution in [3.05, 3.63) is 71.4 Å². The fraction of sp³-hybridized carbons (Fsp3) is 0.385. The number of aryl methyl sites for hydroxylation is 1. The summed E-state index contributed by atoms with van der Waals surface area (Å²) < 4.78 is 11.8. The molecule has 31 heavy (non-hydrogen) atoms. The number of carbonyl (C=O) groups excluding carboxylic acids is 1. The van der Waals surface area contributed by atoms with Crippen molar-refractivity contribution in [1.82, 2.24) is 9.88 Å². The Bertz CT molecular complexity index is 1070. The third-order valence-electron chi connectivity index (χ3n) is 5.94. The Hall–Kier alpha value is -3.08. The molecule has 1 aliphatic heterocycles. The number of hydrogen-bond acceptors (Lipinski definition) is 4. The van der Waals surface area contributed by atoms with Gasteiger partial charge in [0.1, 0.15) is 17.1 Å². The maximum Gasteiger partial charge on any atom is 0.254 e. The van der Waals surface area contributed by atoms with E-state index in [1.807, 2.05) is 18.2 Å². The highest BCUT2D eigenvalue weighted by atomic mass is 16.5. The topological polar surface area (TPSA) is 55.6 Å². The molecule has 0 bridgehead atoms. The van der Waals surface area contributed by atoms with Crippen LogP contribution in [-0.2, 0) is 18.6 Å². The Kier molecular flexibility index (Phi) is 5.86. The van der Waals surface area contributed by atoms with Gasteiger partial charge in [-0.3, -0.25) is 4.79 Å². The quantitative estimate of drug-likeness (QED) is 0.443. The van der Waals surface area contributed by atoms with Crippen LogP contribution in [0.3, 0.4) is 0 Å². The molecule has 0 spiro atoms. The smallest absolute Gasteiger partial charge is 0.254 e. The zero-order valence-corrected chi connectivity index (χ0v) is 18.8. The fourth-order valence-corrected chi connectivity index (χ4v) is 4.29. The first kappa shape index (κ1) is 21.2. The average Bonchev–Trinajstić information content (AvgIpc) is 3.26. The molecule has 5 nitrogen and oxygen atoms in total. The molecule has 1 aliphatic rings. The van der Waals surface area contributed by atoms with Gasteiger partial charge in [-0.25, -0.2) is 4.98 Å². The number of oxazole rings is 1. The van der Waals surface area contributed by atoms with Crippen LogP contribution in [0.25, 0.3) is 11.1 Å². The molecule has 0 unspecified atom stereocenters. The third-order valence-corrected chi connectivity index (χ3v) is 5.94. The molecule has 162 valence electrons. The van der Waals surface area contributed by atoms with Crippen molar-refractivity contribution in [2.75, 3.05) is 7.05 Å². The molecule has 5 heteroatoms. The van der Waals surface area contributed by atoms with Crippen molar-refractivity contribution >= 4 is 5.91 Å². The average molecular weight is 419 g/mol. The molecular formula is C26H30N2O3. The van der Waals surface area contributed by atoms with Crippen LogP contribution >= 0.6 is 0 Å². The number of unbranched alkanes of at least 4 members (excludes halogenated alkanes) is 2. The highest BCUT2D eigenvalue weighted by Gasteiger charge is 2.33. The number of rotatable bonds is 7. The van der Waals surface area contributed by atoms with Gasteiger partial charge in [0.15, 0.2) is 6.39 Å². The second kappa shape index (κ2) is 8.58. The minimum Gasteiger partial charge on any atom is -0.482 e. The number of ether oxygens (including phenoxy) is 1. The SMILES string of the molecule is CCCCCc1cc2c(cc1C(=O)N(C)Cc1cnco1)-c1ccccc1C(C)(C)O2. The van der Waals surface area contributed by atoms with E-state index in [0.717, 1.165) is 59.3 Å². The number of hydrogen-bond donors (Lipinski definition) is 0. The molecule has 1 aromatic heterocycles. The maximum absolute atomic E-state index is 13.5. The minimum absolute atomic E-state index is 0.0204. The molecule has 3 aromatic rings. The van der Waals surface area contributed by atoms with E-state index in [9.17, 15) is 4.79 Å². The van der Waals surface area contributed by atoms with E-state index in [2.05, 4.69) is 44.0 Å².